The van der Waals surface area contributed by atoms with Crippen LogP contribution in [0.15, 0.2) is 24.3 Å². The fraction of sp³-hybridized carbons (Fsp3) is 0.500. The van der Waals surface area contributed by atoms with Crippen LogP contribution in [0.3, 0.4) is 0 Å². The summed E-state index contributed by atoms with van der Waals surface area (Å²) in [7, 11) is 4.71. The summed E-state index contributed by atoms with van der Waals surface area (Å²) in [6.07, 6.45) is -0.591. The molecule has 1 atom stereocenters. The largest absolute Gasteiger partial charge is 0.497 e. The van der Waals surface area contributed by atoms with E-state index in [0.717, 1.165) is 11.3 Å². The maximum atomic E-state index is 9.92. The van der Waals surface area contributed by atoms with E-state index < -0.39 is 12.4 Å². The van der Waals surface area contributed by atoms with Gasteiger partial charge in [-0.15, -0.1) is 0 Å². The van der Waals surface area contributed by atoms with Crippen LogP contribution in [0.25, 0.3) is 0 Å². The predicted molar refractivity (Wildman–Crippen MR) is 60.4 cm³/mol. The molecule has 0 heterocycles. The number of ether oxygens (including phenoxy) is 3. The maximum absolute atomic E-state index is 9.92. The van der Waals surface area contributed by atoms with Crippen molar-refractivity contribution < 1.29 is 19.3 Å². The summed E-state index contributed by atoms with van der Waals surface area (Å²) in [4.78, 5) is 0. The molecule has 16 heavy (non-hydrogen) atoms. The lowest BCUT2D eigenvalue weighted by Gasteiger charge is -2.17. The molecule has 1 aromatic rings. The van der Waals surface area contributed by atoms with Crippen LogP contribution in [0, 0.1) is 0 Å². The summed E-state index contributed by atoms with van der Waals surface area (Å²) in [5.74, 6) is 0.769. The van der Waals surface area contributed by atoms with Gasteiger partial charge in [-0.25, -0.2) is 0 Å². The van der Waals surface area contributed by atoms with Crippen LogP contribution in [0.1, 0.15) is 18.1 Å². The van der Waals surface area contributed by atoms with Gasteiger partial charge >= 0.3 is 0 Å². The molecule has 0 unspecified atom stereocenters. The van der Waals surface area contributed by atoms with Crippen molar-refractivity contribution >= 4 is 0 Å². The number of aliphatic hydroxyl groups is 1. The Morgan fingerprint density at radius 3 is 2.06 bits per heavy atom. The first-order valence-electron chi connectivity index (χ1n) is 5.09. The van der Waals surface area contributed by atoms with Crippen molar-refractivity contribution in [3.05, 3.63) is 29.8 Å². The van der Waals surface area contributed by atoms with Crippen molar-refractivity contribution in [1.29, 1.82) is 0 Å². The number of methoxy groups -OCH3 is 3. The fourth-order valence-corrected chi connectivity index (χ4v) is 1.43. The van der Waals surface area contributed by atoms with Gasteiger partial charge in [0.15, 0.2) is 6.29 Å². The summed E-state index contributed by atoms with van der Waals surface area (Å²) in [5, 5.41) is 9.92. The lowest BCUT2D eigenvalue weighted by atomic mass is 10.1. The van der Waals surface area contributed by atoms with E-state index in [0.29, 0.717) is 6.42 Å². The van der Waals surface area contributed by atoms with Crippen molar-refractivity contribution in [2.75, 3.05) is 21.3 Å². The third-order valence-corrected chi connectivity index (χ3v) is 2.44. The van der Waals surface area contributed by atoms with Gasteiger partial charge in [0.2, 0.25) is 0 Å². The van der Waals surface area contributed by atoms with Crippen molar-refractivity contribution in [3.63, 3.8) is 0 Å². The first kappa shape index (κ1) is 13.0. The SMILES string of the molecule is COc1ccc([C@H](O)CC(OC)OC)cc1. The first-order chi connectivity index (χ1) is 7.71. The zero-order chi connectivity index (χ0) is 12.0. The molecular formula is C12H18O4. The third kappa shape index (κ3) is 3.48. The van der Waals surface area contributed by atoms with Crippen LogP contribution in [0.5, 0.6) is 5.75 Å². The van der Waals surface area contributed by atoms with Gasteiger partial charge in [-0.3, -0.25) is 0 Å². The molecule has 0 aliphatic rings. The van der Waals surface area contributed by atoms with Gasteiger partial charge in [0.25, 0.3) is 0 Å². The Labute approximate surface area is 95.8 Å². The van der Waals surface area contributed by atoms with Crippen LogP contribution in [0.2, 0.25) is 0 Å². The number of hydrogen-bond donors (Lipinski definition) is 1. The average Bonchev–Trinajstić information content (AvgIpc) is 2.35. The minimum atomic E-state index is -0.601. The molecule has 0 fully saturated rings. The molecule has 0 saturated heterocycles. The number of benzene rings is 1. The Morgan fingerprint density at radius 1 is 1.06 bits per heavy atom. The second kappa shape index (κ2) is 6.48. The van der Waals surface area contributed by atoms with Gasteiger partial charge in [0.1, 0.15) is 5.75 Å². The second-order valence-electron chi connectivity index (χ2n) is 3.43. The normalized spacial score (nSPS) is 12.8. The lowest BCUT2D eigenvalue weighted by molar-refractivity contribution is -0.123. The van der Waals surface area contributed by atoms with E-state index in [-0.39, 0.29) is 0 Å². The lowest BCUT2D eigenvalue weighted by Crippen LogP contribution is -2.16. The topological polar surface area (TPSA) is 47.9 Å². The molecule has 1 aromatic carbocycles. The highest BCUT2D eigenvalue weighted by Crippen LogP contribution is 2.22. The molecule has 0 bridgehead atoms. The monoisotopic (exact) mass is 226 g/mol. The molecule has 4 heteroatoms. The van der Waals surface area contributed by atoms with Crippen molar-refractivity contribution in [2.45, 2.75) is 18.8 Å². The van der Waals surface area contributed by atoms with Crippen molar-refractivity contribution in [2.24, 2.45) is 0 Å². The summed E-state index contributed by atoms with van der Waals surface area (Å²) >= 11 is 0. The molecule has 0 spiro atoms. The Hall–Kier alpha value is -1.10. The van der Waals surface area contributed by atoms with E-state index in [1.54, 1.807) is 21.3 Å². The van der Waals surface area contributed by atoms with E-state index in [2.05, 4.69) is 0 Å². The Morgan fingerprint density at radius 2 is 1.62 bits per heavy atom. The Kier molecular flexibility index (Phi) is 5.25. The molecule has 0 saturated carbocycles. The van der Waals surface area contributed by atoms with Gasteiger partial charge in [-0.05, 0) is 17.7 Å². The minimum absolute atomic E-state index is 0.392. The van der Waals surface area contributed by atoms with Crippen LogP contribution in [0.4, 0.5) is 0 Å². The number of hydrogen-bond acceptors (Lipinski definition) is 4. The van der Waals surface area contributed by atoms with E-state index in [1.807, 2.05) is 24.3 Å². The van der Waals surface area contributed by atoms with Crippen molar-refractivity contribution in [1.82, 2.24) is 0 Å². The zero-order valence-corrected chi connectivity index (χ0v) is 9.84. The van der Waals surface area contributed by atoms with Gasteiger partial charge in [-0.1, -0.05) is 12.1 Å². The minimum Gasteiger partial charge on any atom is -0.497 e. The van der Waals surface area contributed by atoms with E-state index >= 15 is 0 Å². The Bertz CT molecular complexity index is 292. The fourth-order valence-electron chi connectivity index (χ4n) is 1.43. The molecule has 0 aliphatic heterocycles. The molecule has 0 aromatic heterocycles. The molecule has 4 nitrogen and oxygen atoms in total. The molecule has 1 N–H and O–H groups in total. The van der Waals surface area contributed by atoms with Crippen LogP contribution in [-0.4, -0.2) is 32.7 Å². The number of rotatable bonds is 6. The van der Waals surface area contributed by atoms with Crippen LogP contribution < -0.4 is 4.74 Å². The smallest absolute Gasteiger partial charge is 0.159 e. The van der Waals surface area contributed by atoms with Gasteiger partial charge < -0.3 is 19.3 Å². The molecular weight excluding hydrogens is 208 g/mol. The van der Waals surface area contributed by atoms with E-state index in [1.165, 1.54) is 0 Å². The summed E-state index contributed by atoms with van der Waals surface area (Å²) < 4.78 is 15.1. The molecule has 0 aliphatic carbocycles. The summed E-state index contributed by atoms with van der Waals surface area (Å²) in [5.41, 5.74) is 0.819. The first-order valence-corrected chi connectivity index (χ1v) is 5.09. The zero-order valence-electron chi connectivity index (χ0n) is 9.84. The van der Waals surface area contributed by atoms with Crippen LogP contribution >= 0.6 is 0 Å². The van der Waals surface area contributed by atoms with Crippen molar-refractivity contribution in [3.8, 4) is 5.75 Å². The highest BCUT2D eigenvalue weighted by atomic mass is 16.7. The van der Waals surface area contributed by atoms with E-state index in [4.69, 9.17) is 14.2 Å². The van der Waals surface area contributed by atoms with E-state index in [9.17, 15) is 5.11 Å². The predicted octanol–water partition coefficient (Wildman–Crippen LogP) is 1.74. The maximum Gasteiger partial charge on any atom is 0.159 e. The molecule has 0 amide bonds. The quantitative estimate of drug-likeness (QED) is 0.750. The van der Waals surface area contributed by atoms with Gasteiger partial charge in [-0.2, -0.15) is 0 Å². The second-order valence-corrected chi connectivity index (χ2v) is 3.43. The average molecular weight is 226 g/mol. The summed E-state index contributed by atoms with van der Waals surface area (Å²) in [6, 6.07) is 7.28. The van der Waals surface area contributed by atoms with Gasteiger partial charge in [0.05, 0.1) is 13.2 Å². The third-order valence-electron chi connectivity index (χ3n) is 2.44. The number of aliphatic hydroxyl groups excluding tert-OH is 1. The van der Waals surface area contributed by atoms with Crippen LogP contribution in [-0.2, 0) is 9.47 Å². The summed E-state index contributed by atoms with van der Waals surface area (Å²) in [6.45, 7) is 0. The molecule has 1 rings (SSSR count). The Balaban J connectivity index is 2.61. The highest BCUT2D eigenvalue weighted by Gasteiger charge is 2.14. The molecule has 90 valence electrons. The van der Waals surface area contributed by atoms with Gasteiger partial charge in [0, 0.05) is 20.6 Å². The standard InChI is InChI=1S/C12H18O4/c1-14-10-6-4-9(5-7-10)11(13)8-12(15-2)16-3/h4-7,11-13H,8H2,1-3H3/t11-/m1/s1. The molecule has 0 radical (unpaired) electrons. The highest BCUT2D eigenvalue weighted by molar-refractivity contribution is 5.28.